The van der Waals surface area contributed by atoms with Gasteiger partial charge in [0.1, 0.15) is 11.5 Å². The van der Waals surface area contributed by atoms with E-state index in [2.05, 4.69) is 43.6 Å². The van der Waals surface area contributed by atoms with Crippen LogP contribution in [0, 0.1) is 0 Å². The van der Waals surface area contributed by atoms with Gasteiger partial charge in [-0.3, -0.25) is 0 Å². The number of nitrogens with one attached hydrogen (secondary N) is 3. The summed E-state index contributed by atoms with van der Waals surface area (Å²) in [6.45, 7) is 17.3. The first kappa shape index (κ1) is 27.3. The van der Waals surface area contributed by atoms with Crippen molar-refractivity contribution in [2.45, 2.75) is 66.7 Å². The Bertz CT molecular complexity index is 484. The summed E-state index contributed by atoms with van der Waals surface area (Å²) in [6, 6.07) is 3.81. The average Bonchev–Trinajstić information content (AvgIpc) is 3.31. The molecule has 0 aromatic heterocycles. The van der Waals surface area contributed by atoms with Crippen molar-refractivity contribution in [2.75, 3.05) is 57.0 Å². The average molecular weight is 411 g/mol. The lowest BCUT2D eigenvalue weighted by atomic mass is 10.2. The number of nitrogens with two attached hydrogens (primary N) is 1. The second-order valence-electron chi connectivity index (χ2n) is 6.86. The molecule has 1 heterocycles. The molecule has 1 saturated heterocycles. The SMILES string of the molecule is C1CCNC1.CCCCNc1cc(OCCC)cc(OCC)c1N.CCNCC. The molecule has 6 nitrogen and oxygen atoms in total. The topological polar surface area (TPSA) is 80.6 Å². The van der Waals surface area contributed by atoms with Gasteiger partial charge >= 0.3 is 0 Å². The predicted octanol–water partition coefficient (Wildman–Crippen LogP) is 4.65. The lowest BCUT2D eigenvalue weighted by Crippen LogP contribution is -2.09. The third kappa shape index (κ3) is 14.0. The van der Waals surface area contributed by atoms with E-state index < -0.39 is 0 Å². The van der Waals surface area contributed by atoms with Crippen LogP contribution in [0.1, 0.15) is 66.7 Å². The van der Waals surface area contributed by atoms with Crippen molar-refractivity contribution >= 4 is 11.4 Å². The molecule has 0 bridgehead atoms. The molecule has 6 heteroatoms. The lowest BCUT2D eigenvalue weighted by Gasteiger charge is -2.16. The Kier molecular flexibility index (Phi) is 18.5. The first-order chi connectivity index (χ1) is 14.1. The Morgan fingerprint density at radius 1 is 0.966 bits per heavy atom. The van der Waals surface area contributed by atoms with Crippen LogP contribution in [0.4, 0.5) is 11.4 Å². The molecular weight excluding hydrogens is 364 g/mol. The molecular formula is C23H46N4O2. The van der Waals surface area contributed by atoms with Crippen molar-refractivity contribution in [3.8, 4) is 11.5 Å². The van der Waals surface area contributed by atoms with E-state index in [1.165, 1.54) is 25.9 Å². The van der Waals surface area contributed by atoms with Gasteiger partial charge in [0, 0.05) is 18.7 Å². The van der Waals surface area contributed by atoms with Crippen LogP contribution in [0.5, 0.6) is 11.5 Å². The van der Waals surface area contributed by atoms with Crippen molar-refractivity contribution in [3.63, 3.8) is 0 Å². The fourth-order valence-electron chi connectivity index (χ4n) is 2.60. The van der Waals surface area contributed by atoms with Crippen LogP contribution in [-0.4, -0.2) is 45.9 Å². The van der Waals surface area contributed by atoms with Crippen molar-refractivity contribution in [3.05, 3.63) is 12.1 Å². The molecule has 0 aliphatic carbocycles. The lowest BCUT2D eigenvalue weighted by molar-refractivity contribution is 0.310. The molecule has 29 heavy (non-hydrogen) atoms. The Morgan fingerprint density at radius 2 is 1.66 bits per heavy atom. The third-order valence-electron chi connectivity index (χ3n) is 4.19. The van der Waals surface area contributed by atoms with Gasteiger partial charge in [-0.2, -0.15) is 0 Å². The van der Waals surface area contributed by atoms with Crippen LogP contribution in [0.2, 0.25) is 0 Å². The van der Waals surface area contributed by atoms with Crippen LogP contribution in [-0.2, 0) is 0 Å². The summed E-state index contributed by atoms with van der Waals surface area (Å²) in [4.78, 5) is 0. The Morgan fingerprint density at radius 3 is 2.10 bits per heavy atom. The summed E-state index contributed by atoms with van der Waals surface area (Å²) in [5, 5.41) is 9.68. The smallest absolute Gasteiger partial charge is 0.147 e. The summed E-state index contributed by atoms with van der Waals surface area (Å²) in [5.74, 6) is 1.49. The van der Waals surface area contributed by atoms with Gasteiger partial charge in [-0.1, -0.05) is 34.1 Å². The highest BCUT2D eigenvalue weighted by Gasteiger charge is 2.09. The minimum Gasteiger partial charge on any atom is -0.493 e. The number of nitrogen functional groups attached to an aromatic ring is 1. The van der Waals surface area contributed by atoms with Gasteiger partial charge < -0.3 is 31.2 Å². The molecule has 170 valence electrons. The van der Waals surface area contributed by atoms with Gasteiger partial charge in [0.15, 0.2) is 0 Å². The molecule has 0 unspecified atom stereocenters. The maximum Gasteiger partial charge on any atom is 0.147 e. The number of rotatable bonds is 11. The van der Waals surface area contributed by atoms with E-state index in [1.54, 1.807) is 0 Å². The summed E-state index contributed by atoms with van der Waals surface area (Å²) in [7, 11) is 0. The Hall–Kier alpha value is -1.66. The number of unbranched alkanes of at least 4 members (excludes halogenated alkanes) is 1. The molecule has 1 aromatic rings. The monoisotopic (exact) mass is 410 g/mol. The highest BCUT2D eigenvalue weighted by Crippen LogP contribution is 2.35. The van der Waals surface area contributed by atoms with Gasteiger partial charge in [-0.25, -0.2) is 0 Å². The molecule has 0 spiro atoms. The molecule has 0 saturated carbocycles. The van der Waals surface area contributed by atoms with Gasteiger partial charge in [-0.15, -0.1) is 0 Å². The molecule has 5 N–H and O–H groups in total. The zero-order chi connectivity index (χ0) is 21.7. The summed E-state index contributed by atoms with van der Waals surface area (Å²) in [5.41, 5.74) is 7.65. The van der Waals surface area contributed by atoms with E-state index in [1.807, 2.05) is 19.1 Å². The highest BCUT2D eigenvalue weighted by atomic mass is 16.5. The first-order valence-corrected chi connectivity index (χ1v) is 11.5. The van der Waals surface area contributed by atoms with Crippen LogP contribution in [0.15, 0.2) is 12.1 Å². The third-order valence-corrected chi connectivity index (χ3v) is 4.19. The minimum absolute atomic E-state index is 0.593. The molecule has 2 rings (SSSR count). The molecule has 1 fully saturated rings. The van der Waals surface area contributed by atoms with Gasteiger partial charge in [0.05, 0.1) is 24.6 Å². The molecule has 0 radical (unpaired) electrons. The number of hydrogen-bond donors (Lipinski definition) is 4. The number of anilines is 2. The quantitative estimate of drug-likeness (QED) is 0.314. The van der Waals surface area contributed by atoms with Crippen LogP contribution >= 0.6 is 0 Å². The fraction of sp³-hybridized carbons (Fsp3) is 0.739. The van der Waals surface area contributed by atoms with Crippen molar-refractivity contribution < 1.29 is 9.47 Å². The number of benzene rings is 1. The summed E-state index contributed by atoms with van der Waals surface area (Å²) < 4.78 is 11.2. The van der Waals surface area contributed by atoms with Crippen molar-refractivity contribution in [1.29, 1.82) is 0 Å². The highest BCUT2D eigenvalue weighted by molar-refractivity contribution is 5.75. The van der Waals surface area contributed by atoms with Crippen LogP contribution < -0.4 is 31.2 Å². The standard InChI is InChI=1S/C15H26N2O2.C4H9N.C4H11N/c1-4-7-8-17-13-10-12(19-9-5-2)11-14(15(13)16)18-6-3;1-2-4-5-3-1;1-3-5-4-2/h10-11,17H,4-9,16H2,1-3H3;5H,1-4H2;5H,3-4H2,1-2H3. The van der Waals surface area contributed by atoms with Gasteiger partial charge in [0.2, 0.25) is 0 Å². The van der Waals surface area contributed by atoms with E-state index >= 15 is 0 Å². The van der Waals surface area contributed by atoms with E-state index in [-0.39, 0.29) is 0 Å². The zero-order valence-corrected chi connectivity index (χ0v) is 19.5. The normalized spacial score (nSPS) is 12.3. The van der Waals surface area contributed by atoms with Gasteiger partial charge in [-0.05, 0) is 58.8 Å². The number of hydrogen-bond acceptors (Lipinski definition) is 6. The second-order valence-corrected chi connectivity index (χ2v) is 6.86. The zero-order valence-electron chi connectivity index (χ0n) is 19.5. The maximum atomic E-state index is 6.11. The van der Waals surface area contributed by atoms with Crippen LogP contribution in [0.3, 0.4) is 0 Å². The molecule has 0 atom stereocenters. The van der Waals surface area contributed by atoms with E-state index in [0.29, 0.717) is 24.7 Å². The molecule has 1 aliphatic rings. The fourth-order valence-corrected chi connectivity index (χ4v) is 2.60. The van der Waals surface area contributed by atoms with E-state index in [9.17, 15) is 0 Å². The predicted molar refractivity (Wildman–Crippen MR) is 128 cm³/mol. The van der Waals surface area contributed by atoms with Crippen LogP contribution in [0.25, 0.3) is 0 Å². The van der Waals surface area contributed by atoms with E-state index in [4.69, 9.17) is 15.2 Å². The Labute approximate surface area is 179 Å². The largest absolute Gasteiger partial charge is 0.493 e. The Balaban J connectivity index is 0.000000637. The first-order valence-electron chi connectivity index (χ1n) is 11.5. The van der Waals surface area contributed by atoms with E-state index in [0.717, 1.165) is 50.3 Å². The number of ether oxygens (including phenoxy) is 2. The summed E-state index contributed by atoms with van der Waals surface area (Å²) in [6.07, 6.45) is 6.02. The van der Waals surface area contributed by atoms with Crippen molar-refractivity contribution in [2.24, 2.45) is 0 Å². The second kappa shape index (κ2) is 19.6. The summed E-state index contributed by atoms with van der Waals surface area (Å²) >= 11 is 0. The maximum absolute atomic E-state index is 6.11. The molecule has 0 amide bonds. The molecule has 1 aliphatic heterocycles. The van der Waals surface area contributed by atoms with Crippen molar-refractivity contribution in [1.82, 2.24) is 10.6 Å². The molecule has 1 aromatic carbocycles. The van der Waals surface area contributed by atoms with Gasteiger partial charge in [0.25, 0.3) is 0 Å². The minimum atomic E-state index is 0.593.